The zero-order chi connectivity index (χ0) is 14.8. The number of hydrogen-bond acceptors (Lipinski definition) is 4. The second-order valence-electron chi connectivity index (χ2n) is 5.25. The number of esters is 1. The largest absolute Gasteiger partial charge is 0.464 e. The minimum Gasteiger partial charge on any atom is -0.464 e. The van der Waals surface area contributed by atoms with Gasteiger partial charge < -0.3 is 9.30 Å². The molecule has 0 bridgehead atoms. The Hall–Kier alpha value is -1.34. The molecule has 0 aromatic carbocycles. The van der Waals surface area contributed by atoms with E-state index in [1.165, 1.54) is 38.6 Å². The van der Waals surface area contributed by atoms with Gasteiger partial charge in [0.05, 0.1) is 7.11 Å². The third-order valence-electron chi connectivity index (χ3n) is 3.77. The predicted octanol–water partition coefficient (Wildman–Crippen LogP) is 1.50. The maximum atomic E-state index is 11.7. The number of nitrogens with zero attached hydrogens (tertiary/aromatic N) is 1. The Labute approximate surface area is 119 Å². The highest BCUT2D eigenvalue weighted by Gasteiger charge is 2.22. The molecule has 0 unspecified atom stereocenters. The lowest BCUT2D eigenvalue weighted by molar-refractivity contribution is 0.0586. The van der Waals surface area contributed by atoms with Crippen molar-refractivity contribution in [2.45, 2.75) is 43.5 Å². The number of methoxy groups -OCH3 is 1. The topological polar surface area (TPSA) is 91.4 Å². The molecule has 0 spiro atoms. The Morgan fingerprint density at radius 2 is 2.05 bits per heavy atom. The van der Waals surface area contributed by atoms with Crippen molar-refractivity contribution in [2.75, 3.05) is 7.11 Å². The van der Waals surface area contributed by atoms with Crippen molar-refractivity contribution >= 4 is 16.0 Å². The molecule has 0 amide bonds. The average Bonchev–Trinajstić information content (AvgIpc) is 2.83. The SMILES string of the molecule is COC(=O)c1cc(S(N)(=O)=O)cn1CC1CCCCC1. The lowest BCUT2D eigenvalue weighted by Gasteiger charge is -2.22. The second-order valence-corrected chi connectivity index (χ2v) is 6.82. The number of aromatic nitrogens is 1. The molecule has 1 aromatic rings. The molecule has 1 saturated carbocycles. The number of carbonyl (C=O) groups excluding carboxylic acids is 1. The first-order chi connectivity index (χ1) is 9.41. The maximum Gasteiger partial charge on any atom is 0.354 e. The van der Waals surface area contributed by atoms with Crippen LogP contribution in [0, 0.1) is 5.92 Å². The van der Waals surface area contributed by atoms with E-state index in [9.17, 15) is 13.2 Å². The van der Waals surface area contributed by atoms with Gasteiger partial charge in [-0.15, -0.1) is 0 Å². The molecular formula is C13H20N2O4S. The second kappa shape index (κ2) is 5.97. The first-order valence-corrected chi connectivity index (χ1v) is 8.27. The lowest BCUT2D eigenvalue weighted by Crippen LogP contribution is -2.17. The van der Waals surface area contributed by atoms with Crippen LogP contribution >= 0.6 is 0 Å². The maximum absolute atomic E-state index is 11.7. The van der Waals surface area contributed by atoms with E-state index in [1.54, 1.807) is 4.57 Å². The van der Waals surface area contributed by atoms with Crippen LogP contribution in [0.25, 0.3) is 0 Å². The quantitative estimate of drug-likeness (QED) is 0.853. The Balaban J connectivity index is 2.29. The predicted molar refractivity (Wildman–Crippen MR) is 73.7 cm³/mol. The molecular weight excluding hydrogens is 280 g/mol. The molecule has 6 nitrogen and oxygen atoms in total. The van der Waals surface area contributed by atoms with Crippen molar-refractivity contribution < 1.29 is 17.9 Å². The molecule has 2 N–H and O–H groups in total. The van der Waals surface area contributed by atoms with Gasteiger partial charge in [0.1, 0.15) is 10.6 Å². The summed E-state index contributed by atoms with van der Waals surface area (Å²) in [5.41, 5.74) is 0.238. The lowest BCUT2D eigenvalue weighted by atomic mass is 9.89. The van der Waals surface area contributed by atoms with Gasteiger partial charge in [-0.3, -0.25) is 0 Å². The molecule has 7 heteroatoms. The van der Waals surface area contributed by atoms with E-state index in [1.807, 2.05) is 0 Å². The summed E-state index contributed by atoms with van der Waals surface area (Å²) in [5, 5.41) is 5.12. The third kappa shape index (κ3) is 3.40. The number of sulfonamides is 1. The summed E-state index contributed by atoms with van der Waals surface area (Å²) in [6, 6.07) is 1.28. The van der Waals surface area contributed by atoms with Gasteiger partial charge in [0, 0.05) is 12.7 Å². The van der Waals surface area contributed by atoms with E-state index in [0.29, 0.717) is 12.5 Å². The standard InChI is InChI=1S/C13H20N2O4S/c1-19-13(16)12-7-11(20(14,17)18)9-15(12)8-10-5-3-2-4-6-10/h7,9-10H,2-6,8H2,1H3,(H2,14,17,18). The minimum absolute atomic E-state index is 0.0475. The van der Waals surface area contributed by atoms with Gasteiger partial charge in [0.25, 0.3) is 0 Å². The summed E-state index contributed by atoms with van der Waals surface area (Å²) in [5.74, 6) is -0.0800. The van der Waals surface area contributed by atoms with E-state index < -0.39 is 16.0 Å². The molecule has 2 rings (SSSR count). The summed E-state index contributed by atoms with van der Waals surface area (Å²) in [6.45, 7) is 0.625. The monoisotopic (exact) mass is 300 g/mol. The van der Waals surface area contributed by atoms with Crippen molar-refractivity contribution in [3.63, 3.8) is 0 Å². The van der Waals surface area contributed by atoms with Crippen LogP contribution in [-0.2, 0) is 21.3 Å². The average molecular weight is 300 g/mol. The number of primary sulfonamides is 1. The Morgan fingerprint density at radius 1 is 1.40 bits per heavy atom. The minimum atomic E-state index is -3.82. The van der Waals surface area contributed by atoms with E-state index >= 15 is 0 Å². The smallest absolute Gasteiger partial charge is 0.354 e. The molecule has 1 fully saturated rings. The first kappa shape index (κ1) is 15.1. The zero-order valence-electron chi connectivity index (χ0n) is 11.5. The van der Waals surface area contributed by atoms with Gasteiger partial charge in [-0.1, -0.05) is 19.3 Å². The highest BCUT2D eigenvalue weighted by Crippen LogP contribution is 2.26. The van der Waals surface area contributed by atoms with E-state index in [0.717, 1.165) is 12.8 Å². The van der Waals surface area contributed by atoms with Gasteiger partial charge in [0.15, 0.2) is 0 Å². The Kier molecular flexibility index (Phi) is 4.49. The number of rotatable bonds is 4. The Bertz CT molecular complexity index is 586. The van der Waals surface area contributed by atoms with Crippen LogP contribution in [0.4, 0.5) is 0 Å². The van der Waals surface area contributed by atoms with Crippen LogP contribution in [-0.4, -0.2) is 26.1 Å². The van der Waals surface area contributed by atoms with Gasteiger partial charge >= 0.3 is 5.97 Å². The van der Waals surface area contributed by atoms with Crippen molar-refractivity contribution in [3.8, 4) is 0 Å². The van der Waals surface area contributed by atoms with Gasteiger partial charge in [-0.2, -0.15) is 0 Å². The molecule has 0 radical (unpaired) electrons. The summed E-state index contributed by atoms with van der Waals surface area (Å²) >= 11 is 0. The fourth-order valence-corrected chi connectivity index (χ4v) is 3.26. The molecule has 1 aliphatic carbocycles. The van der Waals surface area contributed by atoms with Crippen LogP contribution in [0.1, 0.15) is 42.6 Å². The summed E-state index contributed by atoms with van der Waals surface area (Å²) < 4.78 is 29.2. The fourth-order valence-electron chi connectivity index (χ4n) is 2.71. The van der Waals surface area contributed by atoms with Gasteiger partial charge in [-0.05, 0) is 24.8 Å². The van der Waals surface area contributed by atoms with Crippen LogP contribution in [0.2, 0.25) is 0 Å². The van der Waals surface area contributed by atoms with Crippen molar-refractivity contribution in [3.05, 3.63) is 18.0 Å². The number of hydrogen-bond donors (Lipinski definition) is 1. The molecule has 0 atom stereocenters. The highest BCUT2D eigenvalue weighted by atomic mass is 32.2. The van der Waals surface area contributed by atoms with Crippen LogP contribution in [0.15, 0.2) is 17.2 Å². The number of carbonyl (C=O) groups is 1. The van der Waals surface area contributed by atoms with Crippen LogP contribution < -0.4 is 5.14 Å². The third-order valence-corrected chi connectivity index (χ3v) is 4.65. The Morgan fingerprint density at radius 3 is 2.60 bits per heavy atom. The summed E-state index contributed by atoms with van der Waals surface area (Å²) in [6.07, 6.45) is 7.24. The van der Waals surface area contributed by atoms with E-state index in [-0.39, 0.29) is 10.6 Å². The first-order valence-electron chi connectivity index (χ1n) is 6.73. The number of ether oxygens (including phenoxy) is 1. The van der Waals surface area contributed by atoms with Crippen LogP contribution in [0.3, 0.4) is 0 Å². The molecule has 1 aromatic heterocycles. The van der Waals surface area contributed by atoms with Gasteiger partial charge in [-0.25, -0.2) is 18.4 Å². The van der Waals surface area contributed by atoms with Crippen molar-refractivity contribution in [2.24, 2.45) is 11.1 Å². The molecule has 1 aliphatic rings. The zero-order valence-corrected chi connectivity index (χ0v) is 12.4. The molecule has 112 valence electrons. The molecule has 0 aliphatic heterocycles. The van der Waals surface area contributed by atoms with Crippen LogP contribution in [0.5, 0.6) is 0 Å². The number of nitrogens with two attached hydrogens (primary N) is 1. The van der Waals surface area contributed by atoms with Crippen molar-refractivity contribution in [1.82, 2.24) is 4.57 Å². The summed E-state index contributed by atoms with van der Waals surface area (Å²) in [7, 11) is -2.54. The molecule has 0 saturated heterocycles. The van der Waals surface area contributed by atoms with E-state index in [4.69, 9.17) is 9.88 Å². The van der Waals surface area contributed by atoms with E-state index in [2.05, 4.69) is 0 Å². The molecule has 1 heterocycles. The normalized spacial score (nSPS) is 17.1. The summed E-state index contributed by atoms with van der Waals surface area (Å²) in [4.78, 5) is 11.7. The van der Waals surface area contributed by atoms with Crippen molar-refractivity contribution in [1.29, 1.82) is 0 Å². The molecule has 20 heavy (non-hydrogen) atoms. The fraction of sp³-hybridized carbons (Fsp3) is 0.615. The van der Waals surface area contributed by atoms with Gasteiger partial charge in [0.2, 0.25) is 10.0 Å². The highest BCUT2D eigenvalue weighted by molar-refractivity contribution is 7.89.